The SMILES string of the molecule is CC(OC(=O)c1ccc(Cl)c(S(=O)(=O)NCC2CCCO2)c1)C(=O)NC(C)c1ccccc1. The smallest absolute Gasteiger partial charge is 0.338 e. The molecule has 33 heavy (non-hydrogen) atoms. The van der Waals surface area contributed by atoms with Gasteiger partial charge in [-0.3, -0.25) is 4.79 Å². The number of benzene rings is 2. The van der Waals surface area contributed by atoms with Gasteiger partial charge < -0.3 is 14.8 Å². The van der Waals surface area contributed by atoms with Crippen LogP contribution < -0.4 is 10.0 Å². The lowest BCUT2D eigenvalue weighted by molar-refractivity contribution is -0.129. The number of rotatable bonds is 9. The highest BCUT2D eigenvalue weighted by Gasteiger charge is 2.25. The highest BCUT2D eigenvalue weighted by molar-refractivity contribution is 7.89. The molecule has 0 aromatic heterocycles. The fourth-order valence-electron chi connectivity index (χ4n) is 3.36. The van der Waals surface area contributed by atoms with E-state index < -0.39 is 28.0 Å². The molecule has 2 aromatic rings. The van der Waals surface area contributed by atoms with E-state index in [1.807, 2.05) is 37.3 Å². The normalized spacial score (nSPS) is 17.8. The molecule has 0 spiro atoms. The maximum Gasteiger partial charge on any atom is 0.338 e. The van der Waals surface area contributed by atoms with Crippen LogP contribution in [-0.2, 0) is 24.3 Å². The molecular weight excluding hydrogens is 468 g/mol. The van der Waals surface area contributed by atoms with Gasteiger partial charge in [-0.05, 0) is 50.5 Å². The molecule has 2 aromatic carbocycles. The summed E-state index contributed by atoms with van der Waals surface area (Å²) >= 11 is 6.09. The van der Waals surface area contributed by atoms with Crippen molar-refractivity contribution in [1.29, 1.82) is 0 Å². The van der Waals surface area contributed by atoms with E-state index in [0.717, 1.165) is 24.5 Å². The van der Waals surface area contributed by atoms with Crippen molar-refractivity contribution in [2.75, 3.05) is 13.2 Å². The molecule has 8 nitrogen and oxygen atoms in total. The first-order valence-electron chi connectivity index (χ1n) is 10.6. The Morgan fingerprint density at radius 2 is 1.91 bits per heavy atom. The average molecular weight is 495 g/mol. The van der Waals surface area contributed by atoms with E-state index in [1.165, 1.54) is 19.1 Å². The number of carbonyl (C=O) groups excluding carboxylic acids is 2. The Morgan fingerprint density at radius 3 is 2.58 bits per heavy atom. The fraction of sp³-hybridized carbons (Fsp3) is 0.391. The number of hydrogen-bond donors (Lipinski definition) is 2. The minimum Gasteiger partial charge on any atom is -0.449 e. The van der Waals surface area contributed by atoms with E-state index in [4.69, 9.17) is 21.1 Å². The number of halogens is 1. The van der Waals surface area contributed by atoms with Gasteiger partial charge in [-0.2, -0.15) is 0 Å². The molecule has 178 valence electrons. The van der Waals surface area contributed by atoms with E-state index in [9.17, 15) is 18.0 Å². The third-order valence-corrected chi connectivity index (χ3v) is 7.20. The topological polar surface area (TPSA) is 111 Å². The Balaban J connectivity index is 1.64. The molecule has 3 unspecified atom stereocenters. The Kier molecular flexibility index (Phi) is 8.47. The average Bonchev–Trinajstić information content (AvgIpc) is 3.32. The van der Waals surface area contributed by atoms with Gasteiger partial charge in [-0.1, -0.05) is 41.9 Å². The van der Waals surface area contributed by atoms with Gasteiger partial charge in [-0.15, -0.1) is 0 Å². The first-order valence-corrected chi connectivity index (χ1v) is 12.5. The molecule has 2 N–H and O–H groups in total. The van der Waals surface area contributed by atoms with Crippen molar-refractivity contribution in [3.63, 3.8) is 0 Å². The molecule has 3 atom stereocenters. The summed E-state index contributed by atoms with van der Waals surface area (Å²) < 4.78 is 38.6. The van der Waals surface area contributed by atoms with Crippen LogP contribution in [0.3, 0.4) is 0 Å². The predicted octanol–water partition coefficient (Wildman–Crippen LogP) is 3.22. The minimum absolute atomic E-state index is 0.0335. The maximum atomic E-state index is 12.7. The lowest BCUT2D eigenvalue weighted by Crippen LogP contribution is -2.37. The summed E-state index contributed by atoms with van der Waals surface area (Å²) in [5.41, 5.74) is 0.875. The second kappa shape index (κ2) is 11.1. The van der Waals surface area contributed by atoms with Gasteiger partial charge in [0.2, 0.25) is 10.0 Å². The van der Waals surface area contributed by atoms with Crippen LogP contribution in [0.25, 0.3) is 0 Å². The van der Waals surface area contributed by atoms with Gasteiger partial charge in [0, 0.05) is 13.2 Å². The van der Waals surface area contributed by atoms with Crippen LogP contribution in [0.2, 0.25) is 5.02 Å². The molecule has 1 saturated heterocycles. The fourth-order valence-corrected chi connectivity index (χ4v) is 4.95. The molecule has 0 radical (unpaired) electrons. The van der Waals surface area contributed by atoms with Crippen LogP contribution in [-0.4, -0.2) is 45.7 Å². The number of nitrogens with one attached hydrogen (secondary N) is 2. The number of ether oxygens (including phenoxy) is 2. The highest BCUT2D eigenvalue weighted by atomic mass is 35.5. The van der Waals surface area contributed by atoms with Gasteiger partial charge in [0.1, 0.15) is 4.90 Å². The third kappa shape index (κ3) is 6.77. The van der Waals surface area contributed by atoms with E-state index in [-0.39, 0.29) is 34.2 Å². The molecule has 1 heterocycles. The number of sulfonamides is 1. The van der Waals surface area contributed by atoms with Crippen LogP contribution in [0.1, 0.15) is 48.7 Å². The van der Waals surface area contributed by atoms with Gasteiger partial charge in [0.25, 0.3) is 5.91 Å². The molecule has 10 heteroatoms. The summed E-state index contributed by atoms with van der Waals surface area (Å²) in [6.45, 7) is 3.98. The molecule has 1 aliphatic rings. The summed E-state index contributed by atoms with van der Waals surface area (Å²) in [4.78, 5) is 24.8. The van der Waals surface area contributed by atoms with Crippen molar-refractivity contribution in [2.45, 2.75) is 49.8 Å². The predicted molar refractivity (Wildman–Crippen MR) is 123 cm³/mol. The Morgan fingerprint density at radius 1 is 1.18 bits per heavy atom. The monoisotopic (exact) mass is 494 g/mol. The maximum absolute atomic E-state index is 12.7. The first kappa shape index (κ1) is 25.2. The summed E-state index contributed by atoms with van der Waals surface area (Å²) in [5.74, 6) is -1.31. The van der Waals surface area contributed by atoms with Crippen LogP contribution in [0.5, 0.6) is 0 Å². The van der Waals surface area contributed by atoms with Crippen LogP contribution in [0, 0.1) is 0 Å². The Bertz CT molecular complexity index is 1090. The molecule has 1 amide bonds. The lowest BCUT2D eigenvalue weighted by Gasteiger charge is -2.18. The molecule has 1 fully saturated rings. The van der Waals surface area contributed by atoms with Crippen molar-refractivity contribution >= 4 is 33.5 Å². The van der Waals surface area contributed by atoms with Gasteiger partial charge in [-0.25, -0.2) is 17.9 Å². The van der Waals surface area contributed by atoms with Crippen LogP contribution in [0.4, 0.5) is 0 Å². The van der Waals surface area contributed by atoms with Crippen molar-refractivity contribution in [3.8, 4) is 0 Å². The lowest BCUT2D eigenvalue weighted by atomic mass is 10.1. The number of esters is 1. The second-order valence-electron chi connectivity index (χ2n) is 7.82. The van der Waals surface area contributed by atoms with E-state index in [2.05, 4.69) is 10.0 Å². The van der Waals surface area contributed by atoms with Crippen LogP contribution >= 0.6 is 11.6 Å². The largest absolute Gasteiger partial charge is 0.449 e. The molecule has 0 saturated carbocycles. The molecule has 0 bridgehead atoms. The minimum atomic E-state index is -3.97. The summed E-state index contributed by atoms with van der Waals surface area (Å²) in [7, 11) is -3.97. The molecule has 1 aliphatic heterocycles. The van der Waals surface area contributed by atoms with E-state index >= 15 is 0 Å². The second-order valence-corrected chi connectivity index (χ2v) is 9.96. The molecular formula is C23H27ClN2O6S. The third-order valence-electron chi connectivity index (χ3n) is 5.29. The number of carbonyl (C=O) groups is 2. The van der Waals surface area contributed by atoms with Gasteiger partial charge in [0.15, 0.2) is 6.10 Å². The van der Waals surface area contributed by atoms with Gasteiger partial charge >= 0.3 is 5.97 Å². The van der Waals surface area contributed by atoms with Crippen molar-refractivity contribution < 1.29 is 27.5 Å². The van der Waals surface area contributed by atoms with Crippen molar-refractivity contribution in [2.24, 2.45) is 0 Å². The zero-order chi connectivity index (χ0) is 24.0. The van der Waals surface area contributed by atoms with E-state index in [1.54, 1.807) is 0 Å². The standard InChI is InChI=1S/C23H27ClN2O6S/c1-15(17-7-4-3-5-8-17)26-22(27)16(2)32-23(28)18-10-11-20(24)21(13-18)33(29,30)25-14-19-9-6-12-31-19/h3-5,7-8,10-11,13,15-16,19,25H,6,9,12,14H2,1-2H3,(H,26,27). The quantitative estimate of drug-likeness (QED) is 0.518. The molecule has 0 aliphatic carbocycles. The van der Waals surface area contributed by atoms with Crippen molar-refractivity contribution in [3.05, 3.63) is 64.7 Å². The number of amides is 1. The summed E-state index contributed by atoms with van der Waals surface area (Å²) in [6, 6.07) is 12.9. The Labute approximate surface area is 198 Å². The summed E-state index contributed by atoms with van der Waals surface area (Å²) in [6.07, 6.45) is 0.372. The zero-order valence-electron chi connectivity index (χ0n) is 18.4. The van der Waals surface area contributed by atoms with Crippen molar-refractivity contribution in [1.82, 2.24) is 10.0 Å². The first-order chi connectivity index (χ1) is 15.7. The summed E-state index contributed by atoms with van der Waals surface area (Å²) in [5, 5.41) is 2.75. The zero-order valence-corrected chi connectivity index (χ0v) is 20.0. The van der Waals surface area contributed by atoms with Crippen LogP contribution in [0.15, 0.2) is 53.4 Å². The van der Waals surface area contributed by atoms with E-state index in [0.29, 0.717) is 6.61 Å². The van der Waals surface area contributed by atoms with Gasteiger partial charge in [0.05, 0.1) is 22.7 Å². The Hall–Kier alpha value is -2.46. The number of hydrogen-bond acceptors (Lipinski definition) is 6. The molecule has 3 rings (SSSR count). The highest BCUT2D eigenvalue weighted by Crippen LogP contribution is 2.24.